The van der Waals surface area contributed by atoms with Crippen LogP contribution in [-0.4, -0.2) is 42.1 Å². The zero-order valence-electron chi connectivity index (χ0n) is 22.3. The van der Waals surface area contributed by atoms with Gasteiger partial charge in [0, 0.05) is 55.3 Å². The Bertz CT molecular complexity index is 1280. The number of fused-ring (bicyclic) bond motifs is 6. The number of unbranched alkanes of at least 4 members (excludes halogenated alkanes) is 2. The Morgan fingerprint density at radius 3 is 2.30 bits per heavy atom. The van der Waals surface area contributed by atoms with Crippen LogP contribution in [0, 0.1) is 0 Å². The van der Waals surface area contributed by atoms with Gasteiger partial charge in [-0.1, -0.05) is 44.9 Å². The van der Waals surface area contributed by atoms with E-state index in [-0.39, 0.29) is 5.97 Å². The van der Waals surface area contributed by atoms with Crippen LogP contribution in [0.4, 0.5) is 11.6 Å². The SMILES string of the molecule is CCCCN(CCCC)c1ncc2c(n1)Oc1cc(N(CC)CC)ccc1C21OC(=O)c2ccccc21. The first-order valence-corrected chi connectivity index (χ1v) is 13.6. The highest BCUT2D eigenvalue weighted by molar-refractivity contribution is 5.97. The molecular formula is C30H36N4O3. The molecule has 2 aliphatic rings. The Hall–Kier alpha value is -3.61. The van der Waals surface area contributed by atoms with E-state index in [4.69, 9.17) is 19.4 Å². The lowest BCUT2D eigenvalue weighted by molar-refractivity contribution is 0.0220. The van der Waals surface area contributed by atoms with Crippen LogP contribution in [0.1, 0.15) is 80.4 Å². The third-order valence-electron chi connectivity index (χ3n) is 7.42. The van der Waals surface area contributed by atoms with Crippen molar-refractivity contribution in [2.75, 3.05) is 36.0 Å². The minimum Gasteiger partial charge on any atom is -0.440 e. The van der Waals surface area contributed by atoms with E-state index in [0.717, 1.165) is 68.7 Å². The quantitative estimate of drug-likeness (QED) is 0.303. The molecule has 0 saturated heterocycles. The van der Waals surface area contributed by atoms with Gasteiger partial charge in [-0.25, -0.2) is 9.78 Å². The van der Waals surface area contributed by atoms with Gasteiger partial charge < -0.3 is 19.3 Å². The Morgan fingerprint density at radius 1 is 0.865 bits per heavy atom. The first-order chi connectivity index (χ1) is 18.1. The summed E-state index contributed by atoms with van der Waals surface area (Å²) in [4.78, 5) is 27.4. The van der Waals surface area contributed by atoms with Crippen LogP contribution in [-0.2, 0) is 10.3 Å². The standard InChI is InChI=1S/C30H36N4O3/c1-5-9-17-34(18-10-6-2)29-31-20-25-27(32-29)36-26-19-21(33(7-3)8-4)15-16-24(26)30(25)23-14-12-11-13-22(23)28(35)37-30/h11-16,19-20H,5-10,17-18H2,1-4H3. The number of rotatable bonds is 10. The molecule has 37 heavy (non-hydrogen) atoms. The van der Waals surface area contributed by atoms with Crippen LogP contribution >= 0.6 is 0 Å². The van der Waals surface area contributed by atoms with Gasteiger partial charge in [0.05, 0.1) is 11.1 Å². The Labute approximate surface area is 219 Å². The second-order valence-corrected chi connectivity index (χ2v) is 9.65. The Balaban J connectivity index is 1.68. The highest BCUT2D eigenvalue weighted by Crippen LogP contribution is 2.56. The maximum atomic E-state index is 13.1. The van der Waals surface area contributed by atoms with Crippen molar-refractivity contribution in [2.24, 2.45) is 0 Å². The molecule has 0 amide bonds. The van der Waals surface area contributed by atoms with Crippen LogP contribution in [0.2, 0.25) is 0 Å². The average Bonchev–Trinajstić information content (AvgIpc) is 3.22. The smallest absolute Gasteiger partial charge is 0.340 e. The van der Waals surface area contributed by atoms with E-state index in [1.165, 1.54) is 0 Å². The molecule has 1 unspecified atom stereocenters. The number of esters is 1. The minimum atomic E-state index is -1.14. The normalized spacial score (nSPS) is 17.0. The van der Waals surface area contributed by atoms with Crippen LogP contribution in [0.3, 0.4) is 0 Å². The van der Waals surface area contributed by atoms with Crippen LogP contribution in [0.5, 0.6) is 11.6 Å². The summed E-state index contributed by atoms with van der Waals surface area (Å²) < 4.78 is 12.8. The fraction of sp³-hybridized carbons (Fsp3) is 0.433. The molecule has 0 aliphatic carbocycles. The number of aromatic nitrogens is 2. The van der Waals surface area contributed by atoms with Crippen LogP contribution in [0.15, 0.2) is 48.7 Å². The van der Waals surface area contributed by atoms with Gasteiger partial charge >= 0.3 is 5.97 Å². The van der Waals surface area contributed by atoms with Crippen molar-refractivity contribution in [1.82, 2.24) is 9.97 Å². The number of carbonyl (C=O) groups is 1. The molecule has 7 heteroatoms. The summed E-state index contributed by atoms with van der Waals surface area (Å²) in [7, 11) is 0. The van der Waals surface area contributed by atoms with Gasteiger partial charge in [0.1, 0.15) is 5.75 Å². The first-order valence-electron chi connectivity index (χ1n) is 13.6. The maximum absolute atomic E-state index is 13.1. The molecule has 1 spiro atoms. The Morgan fingerprint density at radius 2 is 1.59 bits per heavy atom. The van der Waals surface area contributed by atoms with Gasteiger partial charge in [-0.2, -0.15) is 4.98 Å². The zero-order valence-corrected chi connectivity index (χ0v) is 22.3. The van der Waals surface area contributed by atoms with Crippen molar-refractivity contribution < 1.29 is 14.3 Å². The fourth-order valence-corrected chi connectivity index (χ4v) is 5.38. The number of benzene rings is 2. The van der Waals surface area contributed by atoms with Crippen molar-refractivity contribution in [1.29, 1.82) is 0 Å². The molecule has 0 saturated carbocycles. The summed E-state index contributed by atoms with van der Waals surface area (Å²) in [6.07, 6.45) is 6.12. The van der Waals surface area contributed by atoms with Gasteiger partial charge in [-0.05, 0) is 44.9 Å². The predicted octanol–water partition coefficient (Wildman–Crippen LogP) is 6.30. The molecule has 1 atom stereocenters. The lowest BCUT2D eigenvalue weighted by atomic mass is 9.79. The highest BCUT2D eigenvalue weighted by Gasteiger charge is 2.54. The number of carbonyl (C=O) groups excluding carboxylic acids is 1. The number of hydrogen-bond donors (Lipinski definition) is 0. The van der Waals surface area contributed by atoms with Gasteiger partial charge in [-0.3, -0.25) is 0 Å². The van der Waals surface area contributed by atoms with Crippen molar-refractivity contribution in [3.05, 3.63) is 70.9 Å². The third kappa shape index (κ3) is 4.20. The summed E-state index contributed by atoms with van der Waals surface area (Å²) in [6, 6.07) is 13.7. The molecule has 0 radical (unpaired) electrons. The van der Waals surface area contributed by atoms with Crippen molar-refractivity contribution in [3.63, 3.8) is 0 Å². The van der Waals surface area contributed by atoms with Gasteiger partial charge in [0.25, 0.3) is 0 Å². The lowest BCUT2D eigenvalue weighted by Crippen LogP contribution is -2.35. The summed E-state index contributed by atoms with van der Waals surface area (Å²) in [5, 5.41) is 0. The lowest BCUT2D eigenvalue weighted by Gasteiger charge is -2.36. The molecule has 0 fully saturated rings. The summed E-state index contributed by atoms with van der Waals surface area (Å²) in [6.45, 7) is 12.2. The second kappa shape index (κ2) is 10.4. The second-order valence-electron chi connectivity index (χ2n) is 9.65. The molecule has 2 aromatic carbocycles. The summed E-state index contributed by atoms with van der Waals surface area (Å²) in [5.41, 5.74) is 2.72. The van der Waals surface area contributed by atoms with E-state index in [1.54, 1.807) is 6.20 Å². The topological polar surface area (TPSA) is 67.8 Å². The fourth-order valence-electron chi connectivity index (χ4n) is 5.38. The number of anilines is 2. The van der Waals surface area contributed by atoms with Crippen molar-refractivity contribution in [3.8, 4) is 11.6 Å². The zero-order chi connectivity index (χ0) is 26.0. The van der Waals surface area contributed by atoms with E-state index in [0.29, 0.717) is 28.7 Å². The first kappa shape index (κ1) is 25.1. The number of hydrogen-bond acceptors (Lipinski definition) is 7. The van der Waals surface area contributed by atoms with Gasteiger partial charge in [0.15, 0.2) is 5.60 Å². The molecule has 7 nitrogen and oxygen atoms in total. The van der Waals surface area contributed by atoms with Gasteiger partial charge in [0.2, 0.25) is 11.8 Å². The van der Waals surface area contributed by atoms with Crippen LogP contribution in [0.25, 0.3) is 0 Å². The predicted molar refractivity (Wildman–Crippen MR) is 146 cm³/mol. The molecule has 5 rings (SSSR count). The average molecular weight is 501 g/mol. The molecule has 3 heterocycles. The van der Waals surface area contributed by atoms with E-state index in [1.807, 2.05) is 36.4 Å². The van der Waals surface area contributed by atoms with Crippen LogP contribution < -0.4 is 14.5 Å². The van der Waals surface area contributed by atoms with Gasteiger partial charge in [-0.15, -0.1) is 0 Å². The van der Waals surface area contributed by atoms with E-state index in [9.17, 15) is 4.79 Å². The maximum Gasteiger partial charge on any atom is 0.340 e. The Kier molecular flexibility index (Phi) is 7.04. The minimum absolute atomic E-state index is 0.348. The molecular weight excluding hydrogens is 464 g/mol. The number of ether oxygens (including phenoxy) is 2. The highest BCUT2D eigenvalue weighted by atomic mass is 16.6. The monoisotopic (exact) mass is 500 g/mol. The molecule has 3 aromatic rings. The molecule has 1 aromatic heterocycles. The molecule has 194 valence electrons. The van der Waals surface area contributed by atoms with E-state index in [2.05, 4.69) is 43.6 Å². The third-order valence-corrected chi connectivity index (χ3v) is 7.42. The number of nitrogens with zero attached hydrogens (tertiary/aromatic N) is 4. The summed E-state index contributed by atoms with van der Waals surface area (Å²) >= 11 is 0. The largest absolute Gasteiger partial charge is 0.440 e. The molecule has 2 aliphatic heterocycles. The molecule has 0 bridgehead atoms. The van der Waals surface area contributed by atoms with E-state index >= 15 is 0 Å². The summed E-state index contributed by atoms with van der Waals surface area (Å²) in [5.74, 6) is 1.40. The van der Waals surface area contributed by atoms with E-state index < -0.39 is 5.60 Å². The molecule has 0 N–H and O–H groups in total. The van der Waals surface area contributed by atoms with Crippen molar-refractivity contribution >= 4 is 17.6 Å². The van der Waals surface area contributed by atoms with Crippen molar-refractivity contribution in [2.45, 2.75) is 59.0 Å².